The molecule has 0 bridgehead atoms. The molecular formula is C18H12F10N2O3S. The molecular weight excluding hydrogens is 514 g/mol. The molecule has 0 fully saturated rings. The molecule has 34 heavy (non-hydrogen) atoms. The second kappa shape index (κ2) is 9.31. The summed E-state index contributed by atoms with van der Waals surface area (Å²) >= 11 is 0. The molecule has 0 unspecified atom stereocenters. The third kappa shape index (κ3) is 6.51. The first-order chi connectivity index (χ1) is 15.3. The predicted molar refractivity (Wildman–Crippen MR) is 98.4 cm³/mol. The van der Waals surface area contributed by atoms with E-state index in [4.69, 9.17) is 0 Å². The molecule has 0 aliphatic carbocycles. The van der Waals surface area contributed by atoms with Crippen molar-refractivity contribution in [1.29, 1.82) is 0 Å². The van der Waals surface area contributed by atoms with Crippen molar-refractivity contribution in [3.05, 3.63) is 64.5 Å². The summed E-state index contributed by atoms with van der Waals surface area (Å²) in [5, 5.41) is 3.32. The SMILES string of the molecule is C/C(=N\OCc1ccc(C(F)(F)F)cc1C(F)(F)F)c1cc(F)ccc1NS(=O)(=O)C(F)(F)F. The maximum Gasteiger partial charge on any atom is 0.516 e. The van der Waals surface area contributed by atoms with Crippen LogP contribution in [0.15, 0.2) is 41.6 Å². The lowest BCUT2D eigenvalue weighted by atomic mass is 10.0. The molecule has 2 rings (SSSR count). The highest BCUT2D eigenvalue weighted by atomic mass is 32.2. The van der Waals surface area contributed by atoms with Crippen molar-refractivity contribution in [2.75, 3.05) is 4.72 Å². The molecule has 0 aliphatic rings. The highest BCUT2D eigenvalue weighted by Crippen LogP contribution is 2.37. The van der Waals surface area contributed by atoms with Crippen molar-refractivity contribution in [2.45, 2.75) is 31.4 Å². The minimum absolute atomic E-state index is 0.133. The van der Waals surface area contributed by atoms with E-state index in [1.807, 2.05) is 0 Å². The Kier molecular flexibility index (Phi) is 7.45. The Bertz CT molecular complexity index is 1190. The highest BCUT2D eigenvalue weighted by Gasteiger charge is 2.46. The molecule has 1 N–H and O–H groups in total. The van der Waals surface area contributed by atoms with E-state index < -0.39 is 74.0 Å². The van der Waals surface area contributed by atoms with Gasteiger partial charge in [0.15, 0.2) is 0 Å². The highest BCUT2D eigenvalue weighted by molar-refractivity contribution is 7.93. The minimum Gasteiger partial charge on any atom is -0.391 e. The van der Waals surface area contributed by atoms with Crippen molar-refractivity contribution >= 4 is 21.4 Å². The summed E-state index contributed by atoms with van der Waals surface area (Å²) in [7, 11) is -5.91. The molecule has 2 aromatic rings. The Morgan fingerprint density at radius 3 is 2.09 bits per heavy atom. The molecule has 0 saturated heterocycles. The third-order valence-corrected chi connectivity index (χ3v) is 5.18. The summed E-state index contributed by atoms with van der Waals surface area (Å²) in [6.07, 6.45) is -10.2. The molecule has 0 radical (unpaired) electrons. The van der Waals surface area contributed by atoms with Crippen molar-refractivity contribution in [3.8, 4) is 0 Å². The van der Waals surface area contributed by atoms with Crippen LogP contribution in [0.5, 0.6) is 0 Å². The van der Waals surface area contributed by atoms with Gasteiger partial charge in [0.2, 0.25) is 0 Å². The van der Waals surface area contributed by atoms with Gasteiger partial charge in [-0.3, -0.25) is 4.72 Å². The van der Waals surface area contributed by atoms with Crippen LogP contribution in [0.1, 0.15) is 29.2 Å². The second-order valence-electron chi connectivity index (χ2n) is 6.56. The number of halogens is 10. The molecule has 0 aliphatic heterocycles. The first-order valence-corrected chi connectivity index (χ1v) is 10.1. The first kappa shape index (κ1) is 27.2. The van der Waals surface area contributed by atoms with Crippen LogP contribution in [0, 0.1) is 5.82 Å². The van der Waals surface area contributed by atoms with Gasteiger partial charge in [0, 0.05) is 11.1 Å². The van der Waals surface area contributed by atoms with Crippen molar-refractivity contribution in [1.82, 2.24) is 0 Å². The number of benzene rings is 2. The number of hydrogen-bond donors (Lipinski definition) is 1. The van der Waals surface area contributed by atoms with Gasteiger partial charge in [-0.05, 0) is 37.3 Å². The summed E-state index contributed by atoms with van der Waals surface area (Å²) in [5.74, 6) is -1.03. The largest absolute Gasteiger partial charge is 0.516 e. The molecule has 0 amide bonds. The summed E-state index contributed by atoms with van der Waals surface area (Å²) in [6, 6.07) is 2.60. The zero-order valence-electron chi connectivity index (χ0n) is 16.5. The quantitative estimate of drug-likeness (QED) is 0.283. The summed E-state index contributed by atoms with van der Waals surface area (Å²) in [5.41, 5.74) is -11.5. The molecule has 188 valence electrons. The van der Waals surface area contributed by atoms with E-state index in [9.17, 15) is 52.3 Å². The number of hydrogen-bond acceptors (Lipinski definition) is 4. The van der Waals surface area contributed by atoms with Gasteiger partial charge >= 0.3 is 27.9 Å². The van der Waals surface area contributed by atoms with Gasteiger partial charge in [-0.2, -0.15) is 47.9 Å². The van der Waals surface area contributed by atoms with Gasteiger partial charge in [0.25, 0.3) is 0 Å². The Balaban J connectivity index is 2.34. The number of nitrogens with one attached hydrogen (secondary N) is 1. The van der Waals surface area contributed by atoms with Crippen LogP contribution < -0.4 is 4.72 Å². The number of oxime groups is 1. The zero-order valence-corrected chi connectivity index (χ0v) is 17.3. The molecule has 0 aromatic heterocycles. The molecule has 0 saturated carbocycles. The zero-order chi connectivity index (χ0) is 26.1. The molecule has 5 nitrogen and oxygen atoms in total. The topological polar surface area (TPSA) is 67.8 Å². The Morgan fingerprint density at radius 1 is 0.941 bits per heavy atom. The van der Waals surface area contributed by atoms with E-state index in [0.29, 0.717) is 30.3 Å². The van der Waals surface area contributed by atoms with Gasteiger partial charge in [0.1, 0.15) is 12.4 Å². The van der Waals surface area contributed by atoms with Crippen LogP contribution in [-0.2, 0) is 33.8 Å². The fourth-order valence-electron chi connectivity index (χ4n) is 2.50. The molecule has 2 aromatic carbocycles. The van der Waals surface area contributed by atoms with Crippen molar-refractivity contribution in [3.63, 3.8) is 0 Å². The number of nitrogens with zero attached hydrogens (tertiary/aromatic N) is 1. The van der Waals surface area contributed by atoms with Gasteiger partial charge < -0.3 is 4.84 Å². The molecule has 0 heterocycles. The predicted octanol–water partition coefficient (Wildman–Crippen LogP) is 6.07. The fourth-order valence-corrected chi connectivity index (χ4v) is 3.08. The summed E-state index contributed by atoms with van der Waals surface area (Å²) in [6.45, 7) is -0.0131. The van der Waals surface area contributed by atoms with Crippen LogP contribution in [-0.4, -0.2) is 19.6 Å². The lowest BCUT2D eigenvalue weighted by molar-refractivity contribution is -0.143. The van der Waals surface area contributed by atoms with Crippen LogP contribution in [0.3, 0.4) is 0 Å². The van der Waals surface area contributed by atoms with E-state index in [-0.39, 0.29) is 6.07 Å². The second-order valence-corrected chi connectivity index (χ2v) is 8.23. The molecule has 16 heteroatoms. The van der Waals surface area contributed by atoms with Gasteiger partial charge in [0.05, 0.1) is 22.5 Å². The van der Waals surface area contributed by atoms with E-state index in [2.05, 4.69) is 9.99 Å². The van der Waals surface area contributed by atoms with E-state index >= 15 is 0 Å². The first-order valence-electron chi connectivity index (χ1n) is 8.66. The Morgan fingerprint density at radius 2 is 1.56 bits per heavy atom. The number of anilines is 1. The minimum atomic E-state index is -5.91. The van der Waals surface area contributed by atoms with E-state index in [1.165, 1.54) is 4.72 Å². The number of alkyl halides is 9. The van der Waals surface area contributed by atoms with E-state index in [0.717, 1.165) is 6.92 Å². The fraction of sp³-hybridized carbons (Fsp3) is 0.278. The van der Waals surface area contributed by atoms with Crippen LogP contribution in [0.4, 0.5) is 49.6 Å². The summed E-state index contributed by atoms with van der Waals surface area (Å²) in [4.78, 5) is 4.67. The normalized spacial score (nSPS) is 13.7. The van der Waals surface area contributed by atoms with Gasteiger partial charge in [-0.25, -0.2) is 4.39 Å². The maximum absolute atomic E-state index is 13.6. The molecule has 0 atom stereocenters. The van der Waals surface area contributed by atoms with Crippen LogP contribution in [0.2, 0.25) is 0 Å². The molecule has 0 spiro atoms. The maximum atomic E-state index is 13.6. The Labute approximate surface area is 185 Å². The monoisotopic (exact) mass is 526 g/mol. The van der Waals surface area contributed by atoms with Crippen LogP contribution in [0.25, 0.3) is 0 Å². The van der Waals surface area contributed by atoms with Gasteiger partial charge in [-0.15, -0.1) is 0 Å². The average Bonchev–Trinajstić information content (AvgIpc) is 2.66. The van der Waals surface area contributed by atoms with Crippen molar-refractivity contribution < 1.29 is 57.2 Å². The number of sulfonamides is 1. The smallest absolute Gasteiger partial charge is 0.391 e. The van der Waals surface area contributed by atoms with Crippen LogP contribution >= 0.6 is 0 Å². The Hall–Kier alpha value is -3.04. The standard InChI is InChI=1S/C18H12F10N2O3S/c1-9(13-7-12(19)4-5-15(13)30-34(31,32)18(26,27)28)29-33-8-10-2-3-11(16(20,21)22)6-14(10)17(23,24)25/h2-7,30H,8H2,1H3/b29-9+. The van der Waals surface area contributed by atoms with Gasteiger partial charge in [-0.1, -0.05) is 11.2 Å². The van der Waals surface area contributed by atoms with E-state index in [1.54, 1.807) is 0 Å². The average molecular weight is 526 g/mol. The third-order valence-electron chi connectivity index (χ3n) is 4.08. The van der Waals surface area contributed by atoms with Crippen molar-refractivity contribution in [2.24, 2.45) is 5.16 Å². The summed E-state index contributed by atoms with van der Waals surface area (Å²) < 4.78 is 153. The number of rotatable bonds is 6. The lowest BCUT2D eigenvalue weighted by Crippen LogP contribution is -2.30. The lowest BCUT2D eigenvalue weighted by Gasteiger charge is -2.16.